The zero-order chi connectivity index (χ0) is 20.9. The van der Waals surface area contributed by atoms with Crippen LogP contribution < -0.4 is 11.1 Å². The van der Waals surface area contributed by atoms with E-state index in [1.165, 1.54) is 77.0 Å². The molecule has 0 fully saturated rings. The Bertz CT molecular complexity index is 381. The second kappa shape index (κ2) is 21.0. The van der Waals surface area contributed by atoms with Crippen LogP contribution in [0.1, 0.15) is 103 Å². The van der Waals surface area contributed by atoms with Crippen molar-refractivity contribution in [1.29, 1.82) is 0 Å². The van der Waals surface area contributed by atoms with Crippen LogP contribution in [0.2, 0.25) is 0 Å². The van der Waals surface area contributed by atoms with Crippen LogP contribution in [0.15, 0.2) is 0 Å². The van der Waals surface area contributed by atoms with Crippen molar-refractivity contribution >= 4 is 23.6 Å². The summed E-state index contributed by atoms with van der Waals surface area (Å²) in [5.41, 5.74) is 5.49. The van der Waals surface area contributed by atoms with Crippen molar-refractivity contribution in [2.24, 2.45) is 5.73 Å². The number of unbranched alkanes of at least 4 members (excludes halogenated alkanes) is 13. The number of rotatable bonds is 21. The van der Waals surface area contributed by atoms with Gasteiger partial charge in [0.2, 0.25) is 5.91 Å². The van der Waals surface area contributed by atoms with Gasteiger partial charge in [-0.3, -0.25) is 4.79 Å². The molecule has 0 aromatic rings. The fraction of sp³-hybridized carbons (Fsp3) is 0.909. The van der Waals surface area contributed by atoms with Crippen molar-refractivity contribution in [3.05, 3.63) is 0 Å². The first-order valence-electron chi connectivity index (χ1n) is 11.3. The van der Waals surface area contributed by atoms with Gasteiger partial charge in [0.25, 0.3) is 0 Å². The van der Waals surface area contributed by atoms with Crippen LogP contribution in [0.3, 0.4) is 0 Å². The summed E-state index contributed by atoms with van der Waals surface area (Å²) in [7, 11) is 0. The van der Waals surface area contributed by atoms with Crippen LogP contribution in [-0.2, 0) is 9.59 Å². The number of hydrogen-bond donors (Lipinski definition) is 3. The van der Waals surface area contributed by atoms with Crippen LogP contribution in [0.5, 0.6) is 0 Å². The molecule has 1 unspecified atom stereocenters. The van der Waals surface area contributed by atoms with E-state index in [2.05, 4.69) is 5.32 Å². The molecule has 0 radical (unpaired) electrons. The van der Waals surface area contributed by atoms with E-state index in [0.29, 0.717) is 12.8 Å². The minimum atomic E-state index is -0.936. The Morgan fingerprint density at radius 2 is 1.25 bits per heavy atom. The van der Waals surface area contributed by atoms with Gasteiger partial charge in [0.15, 0.2) is 0 Å². The highest BCUT2D eigenvalue weighted by molar-refractivity contribution is 7.98. The number of aliphatic carboxylic acids is 1. The number of amides is 1. The zero-order valence-corrected chi connectivity index (χ0v) is 18.9. The minimum absolute atomic E-state index is 0.128. The summed E-state index contributed by atoms with van der Waals surface area (Å²) in [6.45, 7) is 0.830. The Morgan fingerprint density at radius 1 is 0.821 bits per heavy atom. The first-order valence-corrected chi connectivity index (χ1v) is 12.7. The van der Waals surface area contributed by atoms with Crippen molar-refractivity contribution in [3.8, 4) is 0 Å². The van der Waals surface area contributed by atoms with E-state index in [9.17, 15) is 9.59 Å². The molecule has 28 heavy (non-hydrogen) atoms. The number of carboxylic acids is 1. The van der Waals surface area contributed by atoms with Crippen molar-refractivity contribution in [2.75, 3.05) is 18.6 Å². The molecular weight excluding hydrogens is 372 g/mol. The highest BCUT2D eigenvalue weighted by atomic mass is 32.2. The third kappa shape index (κ3) is 18.6. The number of carbonyl (C=O) groups is 2. The largest absolute Gasteiger partial charge is 0.480 e. The zero-order valence-electron chi connectivity index (χ0n) is 18.1. The van der Waals surface area contributed by atoms with Crippen LogP contribution in [0.4, 0.5) is 0 Å². The fourth-order valence-corrected chi connectivity index (χ4v) is 3.78. The van der Waals surface area contributed by atoms with Crippen molar-refractivity contribution < 1.29 is 14.7 Å². The summed E-state index contributed by atoms with van der Waals surface area (Å²) in [4.78, 5) is 23.0. The molecule has 1 atom stereocenters. The highest BCUT2D eigenvalue weighted by Crippen LogP contribution is 2.13. The third-order valence-electron chi connectivity index (χ3n) is 5.10. The molecule has 6 heteroatoms. The van der Waals surface area contributed by atoms with Crippen molar-refractivity contribution in [2.45, 2.75) is 109 Å². The minimum Gasteiger partial charge on any atom is -0.480 e. The smallest absolute Gasteiger partial charge is 0.326 e. The average molecular weight is 417 g/mol. The number of carbonyl (C=O) groups excluding carboxylic acids is 1. The number of nitrogens with one attached hydrogen (secondary N) is 1. The van der Waals surface area contributed by atoms with Gasteiger partial charge < -0.3 is 16.2 Å². The molecular formula is C22H44N2O3S. The normalized spacial score (nSPS) is 12.1. The van der Waals surface area contributed by atoms with Gasteiger partial charge in [0, 0.05) is 6.42 Å². The molecule has 0 aromatic heterocycles. The third-order valence-corrected chi connectivity index (χ3v) is 5.75. The van der Waals surface area contributed by atoms with Gasteiger partial charge in [-0.2, -0.15) is 11.8 Å². The molecule has 0 heterocycles. The van der Waals surface area contributed by atoms with Gasteiger partial charge in [0.05, 0.1) is 0 Å². The summed E-state index contributed by atoms with van der Waals surface area (Å²) in [5.74, 6) is -0.322. The Hall–Kier alpha value is -0.750. The molecule has 5 nitrogen and oxygen atoms in total. The van der Waals surface area contributed by atoms with Crippen LogP contribution in [0.25, 0.3) is 0 Å². The van der Waals surface area contributed by atoms with Crippen LogP contribution in [0, 0.1) is 0 Å². The van der Waals surface area contributed by atoms with E-state index in [-0.39, 0.29) is 5.91 Å². The summed E-state index contributed by atoms with van der Waals surface area (Å²) in [6.07, 6.45) is 20.4. The molecule has 166 valence electrons. The predicted octanol–water partition coefficient (Wildman–Crippen LogP) is 5.12. The molecule has 0 aliphatic rings. The van der Waals surface area contributed by atoms with Gasteiger partial charge in [-0.05, 0) is 37.8 Å². The summed E-state index contributed by atoms with van der Waals surface area (Å²) < 4.78 is 0. The summed E-state index contributed by atoms with van der Waals surface area (Å²) in [5, 5.41) is 11.8. The van der Waals surface area contributed by atoms with Gasteiger partial charge >= 0.3 is 5.97 Å². The number of nitrogens with two attached hydrogens (primary N) is 1. The van der Waals surface area contributed by atoms with Gasteiger partial charge in [-0.15, -0.1) is 0 Å². The van der Waals surface area contributed by atoms with E-state index in [1.54, 1.807) is 11.8 Å². The molecule has 0 saturated heterocycles. The molecule has 0 rings (SSSR count). The van der Waals surface area contributed by atoms with E-state index in [0.717, 1.165) is 25.1 Å². The maximum absolute atomic E-state index is 11.9. The monoisotopic (exact) mass is 416 g/mol. The lowest BCUT2D eigenvalue weighted by Gasteiger charge is -2.13. The van der Waals surface area contributed by atoms with Crippen molar-refractivity contribution in [3.63, 3.8) is 0 Å². The Balaban J connectivity index is 3.38. The Labute approximate surface area is 177 Å². The molecule has 1 amide bonds. The average Bonchev–Trinajstić information content (AvgIpc) is 2.67. The second-order valence-electron chi connectivity index (χ2n) is 7.73. The molecule has 0 saturated carbocycles. The topological polar surface area (TPSA) is 92.4 Å². The van der Waals surface area contributed by atoms with Crippen molar-refractivity contribution in [1.82, 2.24) is 5.32 Å². The predicted molar refractivity (Wildman–Crippen MR) is 121 cm³/mol. The summed E-state index contributed by atoms with van der Waals surface area (Å²) in [6, 6.07) is -0.745. The van der Waals surface area contributed by atoms with E-state index >= 15 is 0 Å². The second-order valence-corrected chi connectivity index (χ2v) is 8.71. The first-order chi connectivity index (χ1) is 13.6. The molecule has 0 aromatic carbocycles. The lowest BCUT2D eigenvalue weighted by molar-refractivity contribution is -0.141. The lowest BCUT2D eigenvalue weighted by atomic mass is 10.0. The molecule has 0 aliphatic carbocycles. The van der Waals surface area contributed by atoms with Gasteiger partial charge in [0.1, 0.15) is 6.04 Å². The maximum Gasteiger partial charge on any atom is 0.326 e. The number of thioether (sulfide) groups is 1. The Kier molecular flexibility index (Phi) is 20.4. The van der Waals surface area contributed by atoms with E-state index in [4.69, 9.17) is 10.8 Å². The Morgan fingerprint density at radius 3 is 1.64 bits per heavy atom. The molecule has 4 N–H and O–H groups in total. The summed E-state index contributed by atoms with van der Waals surface area (Å²) >= 11 is 1.60. The molecule has 0 bridgehead atoms. The lowest BCUT2D eigenvalue weighted by Crippen LogP contribution is -2.41. The highest BCUT2D eigenvalue weighted by Gasteiger charge is 2.18. The fourth-order valence-electron chi connectivity index (χ4n) is 3.31. The SMILES string of the molecule is CSCCC(NC(=O)CCCCCCCCCCCCCCCCN)C(=O)O. The van der Waals surface area contributed by atoms with E-state index in [1.807, 2.05) is 6.26 Å². The standard InChI is InChI=1S/C22H44N2O3S/c1-28-19-17-20(22(26)27)24-21(25)16-14-12-10-8-6-4-2-3-5-7-9-11-13-15-18-23/h20H,2-19,23H2,1H3,(H,24,25)(H,26,27). The maximum atomic E-state index is 11.9. The number of carboxylic acid groups (broad SMARTS) is 1. The number of hydrogen-bond acceptors (Lipinski definition) is 4. The van der Waals surface area contributed by atoms with Gasteiger partial charge in [-0.1, -0.05) is 77.0 Å². The molecule has 0 spiro atoms. The van der Waals surface area contributed by atoms with Crippen LogP contribution >= 0.6 is 11.8 Å². The first kappa shape index (κ1) is 27.2. The molecule has 0 aliphatic heterocycles. The van der Waals surface area contributed by atoms with Crippen LogP contribution in [-0.4, -0.2) is 41.6 Å². The quantitative estimate of drug-likeness (QED) is 0.226. The van der Waals surface area contributed by atoms with E-state index < -0.39 is 12.0 Å². The van der Waals surface area contributed by atoms with Gasteiger partial charge in [-0.25, -0.2) is 4.79 Å².